The van der Waals surface area contributed by atoms with Gasteiger partial charge >= 0.3 is 0 Å². The Hall–Kier alpha value is -1.20. The molecule has 0 unspecified atom stereocenters. The van der Waals surface area contributed by atoms with Gasteiger partial charge in [0.05, 0.1) is 23.7 Å². The van der Waals surface area contributed by atoms with Crippen molar-refractivity contribution in [2.24, 2.45) is 5.41 Å². The number of ether oxygens (including phenoxy) is 1. The third kappa shape index (κ3) is 3.22. The summed E-state index contributed by atoms with van der Waals surface area (Å²) in [5, 5.41) is 8.13. The molecule has 19 heavy (non-hydrogen) atoms. The van der Waals surface area contributed by atoms with E-state index in [1.165, 1.54) is 12.1 Å². The van der Waals surface area contributed by atoms with Crippen LogP contribution in [-0.2, 0) is 11.3 Å². The molecule has 0 N–H and O–H groups in total. The number of rotatable bonds is 5. The minimum absolute atomic E-state index is 0.0631. The van der Waals surface area contributed by atoms with Crippen LogP contribution in [0.25, 0.3) is 11.0 Å². The first kappa shape index (κ1) is 14.2. The molecule has 0 aliphatic rings. The van der Waals surface area contributed by atoms with Gasteiger partial charge in [-0.05, 0) is 13.0 Å². The standard InChI is InChI=1S/C13H17ClFN3O/c1-4-19-8-13(2,3)7-18-12-6-10(15)9(14)5-11(12)16-17-18/h5-6H,4,7-8H2,1-3H3. The lowest BCUT2D eigenvalue weighted by Crippen LogP contribution is -2.26. The molecule has 2 rings (SSSR count). The fourth-order valence-corrected chi connectivity index (χ4v) is 2.07. The summed E-state index contributed by atoms with van der Waals surface area (Å²) in [4.78, 5) is 0. The number of fused-ring (bicyclic) bond motifs is 1. The summed E-state index contributed by atoms with van der Waals surface area (Å²) in [5.74, 6) is -0.458. The van der Waals surface area contributed by atoms with Crippen molar-refractivity contribution in [1.29, 1.82) is 0 Å². The van der Waals surface area contributed by atoms with Crippen molar-refractivity contribution in [2.75, 3.05) is 13.2 Å². The summed E-state index contributed by atoms with van der Waals surface area (Å²) in [7, 11) is 0. The predicted octanol–water partition coefficient (Wildman–Crippen LogP) is 3.29. The molecule has 104 valence electrons. The lowest BCUT2D eigenvalue weighted by Gasteiger charge is -2.24. The van der Waals surface area contributed by atoms with Crippen molar-refractivity contribution in [3.05, 3.63) is 23.0 Å². The van der Waals surface area contributed by atoms with Gasteiger partial charge in [0, 0.05) is 18.1 Å². The molecule has 0 saturated heterocycles. The Balaban J connectivity index is 2.28. The van der Waals surface area contributed by atoms with Crippen molar-refractivity contribution < 1.29 is 9.13 Å². The average molecular weight is 286 g/mol. The van der Waals surface area contributed by atoms with Crippen molar-refractivity contribution in [3.63, 3.8) is 0 Å². The molecule has 0 saturated carbocycles. The van der Waals surface area contributed by atoms with Gasteiger partial charge in [-0.15, -0.1) is 5.10 Å². The highest BCUT2D eigenvalue weighted by Crippen LogP contribution is 2.24. The van der Waals surface area contributed by atoms with Crippen molar-refractivity contribution >= 4 is 22.6 Å². The number of hydrogen-bond acceptors (Lipinski definition) is 3. The Morgan fingerprint density at radius 1 is 1.42 bits per heavy atom. The molecule has 0 atom stereocenters. The minimum Gasteiger partial charge on any atom is -0.381 e. The maximum atomic E-state index is 13.5. The Kier molecular flexibility index (Phi) is 4.06. The van der Waals surface area contributed by atoms with Crippen molar-refractivity contribution in [2.45, 2.75) is 27.3 Å². The lowest BCUT2D eigenvalue weighted by molar-refractivity contribution is 0.0594. The maximum absolute atomic E-state index is 13.5. The van der Waals surface area contributed by atoms with E-state index in [4.69, 9.17) is 16.3 Å². The molecule has 2 aromatic rings. The van der Waals surface area contributed by atoms with Gasteiger partial charge in [-0.2, -0.15) is 0 Å². The van der Waals surface area contributed by atoms with Crippen LogP contribution in [-0.4, -0.2) is 28.2 Å². The molecular formula is C13H17ClFN3O. The highest BCUT2D eigenvalue weighted by atomic mass is 35.5. The number of benzene rings is 1. The van der Waals surface area contributed by atoms with Crippen LogP contribution in [0.15, 0.2) is 12.1 Å². The van der Waals surface area contributed by atoms with Crippen LogP contribution >= 0.6 is 11.6 Å². The molecular weight excluding hydrogens is 269 g/mol. The predicted molar refractivity (Wildman–Crippen MR) is 72.8 cm³/mol. The van der Waals surface area contributed by atoms with E-state index in [0.717, 1.165) is 0 Å². The van der Waals surface area contributed by atoms with E-state index in [0.29, 0.717) is 30.8 Å². The molecule has 0 aliphatic carbocycles. The van der Waals surface area contributed by atoms with E-state index < -0.39 is 5.82 Å². The zero-order chi connectivity index (χ0) is 14.0. The molecule has 0 fully saturated rings. The first-order chi connectivity index (χ1) is 8.93. The zero-order valence-corrected chi connectivity index (χ0v) is 12.0. The summed E-state index contributed by atoms with van der Waals surface area (Å²) in [6.45, 7) is 7.99. The minimum atomic E-state index is -0.458. The van der Waals surface area contributed by atoms with Crippen LogP contribution < -0.4 is 0 Å². The van der Waals surface area contributed by atoms with Gasteiger partial charge in [0.1, 0.15) is 11.3 Å². The lowest BCUT2D eigenvalue weighted by atomic mass is 9.95. The van der Waals surface area contributed by atoms with Gasteiger partial charge < -0.3 is 4.74 Å². The molecule has 4 nitrogen and oxygen atoms in total. The second kappa shape index (κ2) is 5.43. The van der Waals surface area contributed by atoms with E-state index in [2.05, 4.69) is 24.2 Å². The highest BCUT2D eigenvalue weighted by Gasteiger charge is 2.21. The van der Waals surface area contributed by atoms with Crippen LogP contribution in [0.4, 0.5) is 4.39 Å². The number of hydrogen-bond donors (Lipinski definition) is 0. The Morgan fingerprint density at radius 2 is 2.16 bits per heavy atom. The van der Waals surface area contributed by atoms with Gasteiger partial charge in [0.15, 0.2) is 0 Å². The smallest absolute Gasteiger partial charge is 0.144 e. The average Bonchev–Trinajstić information content (AvgIpc) is 2.70. The second-order valence-corrected chi connectivity index (χ2v) is 5.71. The van der Waals surface area contributed by atoms with Crippen molar-refractivity contribution in [3.8, 4) is 0 Å². The summed E-state index contributed by atoms with van der Waals surface area (Å²) in [5.41, 5.74) is 1.14. The summed E-state index contributed by atoms with van der Waals surface area (Å²) in [6, 6.07) is 2.86. The molecule has 0 amide bonds. The number of aromatic nitrogens is 3. The van der Waals surface area contributed by atoms with Gasteiger partial charge in [0.25, 0.3) is 0 Å². The fraction of sp³-hybridized carbons (Fsp3) is 0.538. The SMILES string of the molecule is CCOCC(C)(C)Cn1nnc2cc(Cl)c(F)cc21. The van der Waals surface area contributed by atoms with Gasteiger partial charge in [0.2, 0.25) is 0 Å². The van der Waals surface area contributed by atoms with Crippen LogP contribution in [0.2, 0.25) is 5.02 Å². The van der Waals surface area contributed by atoms with E-state index >= 15 is 0 Å². The summed E-state index contributed by atoms with van der Waals surface area (Å²) < 4.78 is 20.6. The van der Waals surface area contributed by atoms with E-state index in [-0.39, 0.29) is 10.4 Å². The second-order valence-electron chi connectivity index (χ2n) is 5.30. The summed E-state index contributed by atoms with van der Waals surface area (Å²) >= 11 is 5.73. The number of nitrogens with zero attached hydrogens (tertiary/aromatic N) is 3. The van der Waals surface area contributed by atoms with E-state index in [9.17, 15) is 4.39 Å². The van der Waals surface area contributed by atoms with Gasteiger partial charge in [-0.1, -0.05) is 30.7 Å². The first-order valence-corrected chi connectivity index (χ1v) is 6.57. The normalized spacial score (nSPS) is 12.3. The molecule has 1 aromatic carbocycles. The van der Waals surface area contributed by atoms with Gasteiger partial charge in [-0.3, -0.25) is 0 Å². The first-order valence-electron chi connectivity index (χ1n) is 6.19. The van der Waals surface area contributed by atoms with Crippen LogP contribution in [0.3, 0.4) is 0 Å². The molecule has 6 heteroatoms. The van der Waals surface area contributed by atoms with Gasteiger partial charge in [-0.25, -0.2) is 9.07 Å². The molecule has 0 aliphatic heterocycles. The highest BCUT2D eigenvalue weighted by molar-refractivity contribution is 6.31. The molecule has 0 radical (unpaired) electrons. The molecule has 1 heterocycles. The Morgan fingerprint density at radius 3 is 2.84 bits per heavy atom. The zero-order valence-electron chi connectivity index (χ0n) is 11.3. The quantitative estimate of drug-likeness (QED) is 0.846. The fourth-order valence-electron chi connectivity index (χ4n) is 1.91. The topological polar surface area (TPSA) is 39.9 Å². The molecule has 0 spiro atoms. The largest absolute Gasteiger partial charge is 0.381 e. The molecule has 0 bridgehead atoms. The molecule has 1 aromatic heterocycles. The van der Waals surface area contributed by atoms with E-state index in [1.807, 2.05) is 6.92 Å². The third-order valence-corrected chi connectivity index (χ3v) is 3.12. The van der Waals surface area contributed by atoms with Crippen LogP contribution in [0, 0.1) is 11.2 Å². The Labute approximate surface area is 116 Å². The summed E-state index contributed by atoms with van der Waals surface area (Å²) in [6.07, 6.45) is 0. The Bertz CT molecular complexity index is 583. The number of halogens is 2. The third-order valence-electron chi connectivity index (χ3n) is 2.83. The van der Waals surface area contributed by atoms with Crippen molar-refractivity contribution in [1.82, 2.24) is 15.0 Å². The van der Waals surface area contributed by atoms with Crippen LogP contribution in [0.5, 0.6) is 0 Å². The van der Waals surface area contributed by atoms with E-state index in [1.54, 1.807) is 4.68 Å². The maximum Gasteiger partial charge on any atom is 0.144 e. The van der Waals surface area contributed by atoms with Crippen LogP contribution in [0.1, 0.15) is 20.8 Å². The monoisotopic (exact) mass is 285 g/mol.